The lowest BCUT2D eigenvalue weighted by molar-refractivity contribution is -0.166. The van der Waals surface area contributed by atoms with Crippen molar-refractivity contribution in [3.63, 3.8) is 0 Å². The fourth-order valence-corrected chi connectivity index (χ4v) is 4.66. The molecule has 4 atom stereocenters. The zero-order valence-electron chi connectivity index (χ0n) is 20.0. The Morgan fingerprint density at radius 3 is 2.70 bits per heavy atom. The summed E-state index contributed by atoms with van der Waals surface area (Å²) in [5.74, 6) is -1.05. The maximum absolute atomic E-state index is 13.6. The van der Waals surface area contributed by atoms with Gasteiger partial charge in [-0.15, -0.1) is 5.10 Å². The van der Waals surface area contributed by atoms with Crippen LogP contribution in [0.5, 0.6) is 0 Å². The third-order valence-corrected chi connectivity index (χ3v) is 6.21. The fraction of sp³-hybridized carbons (Fsp3) is 0.773. The van der Waals surface area contributed by atoms with E-state index in [-0.39, 0.29) is 37.8 Å². The zero-order valence-corrected chi connectivity index (χ0v) is 20.0. The van der Waals surface area contributed by atoms with Gasteiger partial charge in [0.25, 0.3) is 0 Å². The van der Waals surface area contributed by atoms with Gasteiger partial charge in [-0.2, -0.15) is 0 Å². The quantitative estimate of drug-likeness (QED) is 0.546. The molecule has 33 heavy (non-hydrogen) atoms. The van der Waals surface area contributed by atoms with Gasteiger partial charge in [0.1, 0.15) is 12.1 Å². The highest BCUT2D eigenvalue weighted by molar-refractivity contribution is 5.90. The fourth-order valence-electron chi connectivity index (χ4n) is 4.66. The number of carbonyl (C=O) groups is 3. The van der Waals surface area contributed by atoms with Crippen LogP contribution in [0.2, 0.25) is 0 Å². The predicted octanol–water partition coefficient (Wildman–Crippen LogP) is 0.228. The third-order valence-electron chi connectivity index (χ3n) is 6.21. The summed E-state index contributed by atoms with van der Waals surface area (Å²) >= 11 is 0. The largest absolute Gasteiger partial charge is 0.464 e. The van der Waals surface area contributed by atoms with Crippen molar-refractivity contribution in [2.75, 3.05) is 26.8 Å². The van der Waals surface area contributed by atoms with E-state index in [2.05, 4.69) is 15.6 Å². The molecule has 2 aliphatic heterocycles. The molecule has 11 nitrogen and oxygen atoms in total. The van der Waals surface area contributed by atoms with Crippen LogP contribution in [-0.4, -0.2) is 87.3 Å². The summed E-state index contributed by atoms with van der Waals surface area (Å²) in [6, 6.07) is -1.51. The van der Waals surface area contributed by atoms with Crippen LogP contribution in [0.25, 0.3) is 0 Å². The predicted molar refractivity (Wildman–Crippen MR) is 117 cm³/mol. The molecule has 1 unspecified atom stereocenters. The highest BCUT2D eigenvalue weighted by Gasteiger charge is 2.47. The first kappa shape index (κ1) is 25.1. The van der Waals surface area contributed by atoms with E-state index in [1.165, 1.54) is 16.6 Å². The van der Waals surface area contributed by atoms with Crippen LogP contribution in [0, 0.1) is 5.41 Å². The van der Waals surface area contributed by atoms with Crippen molar-refractivity contribution in [2.45, 2.75) is 77.2 Å². The molecule has 1 aromatic rings. The van der Waals surface area contributed by atoms with Gasteiger partial charge in [0.2, 0.25) is 11.8 Å². The minimum atomic E-state index is -1.10. The summed E-state index contributed by atoms with van der Waals surface area (Å²) in [6.45, 7) is 8.25. The van der Waals surface area contributed by atoms with E-state index in [9.17, 15) is 19.5 Å². The van der Waals surface area contributed by atoms with Gasteiger partial charge in [0, 0.05) is 39.2 Å². The van der Waals surface area contributed by atoms with Gasteiger partial charge in [-0.1, -0.05) is 26.0 Å². The summed E-state index contributed by atoms with van der Waals surface area (Å²) in [5.41, 5.74) is -1.15. The molecule has 0 radical (unpaired) electrons. The number of nitrogens with one attached hydrogen (secondary N) is 1. The second-order valence-corrected chi connectivity index (χ2v) is 9.81. The Hall–Kier alpha value is -2.53. The summed E-state index contributed by atoms with van der Waals surface area (Å²) in [5, 5.41) is 21.1. The average Bonchev–Trinajstić information content (AvgIpc) is 3.48. The second kappa shape index (κ2) is 9.76. The molecule has 1 aromatic heterocycles. The topological polar surface area (TPSA) is 136 Å². The smallest absolute Gasteiger partial charge is 0.338 e. The van der Waals surface area contributed by atoms with Crippen molar-refractivity contribution in [1.29, 1.82) is 0 Å². The average molecular weight is 466 g/mol. The molecule has 184 valence electrons. The lowest BCUT2D eigenvalue weighted by Gasteiger charge is -2.34. The Balaban J connectivity index is 1.87. The normalized spacial score (nSPS) is 26.3. The van der Waals surface area contributed by atoms with Crippen molar-refractivity contribution in [3.8, 4) is 0 Å². The Morgan fingerprint density at radius 1 is 1.39 bits per heavy atom. The van der Waals surface area contributed by atoms with Crippen LogP contribution in [0.1, 0.15) is 58.7 Å². The monoisotopic (exact) mass is 465 g/mol. The first-order valence-corrected chi connectivity index (χ1v) is 11.4. The summed E-state index contributed by atoms with van der Waals surface area (Å²) in [4.78, 5) is 40.0. The highest BCUT2D eigenvalue weighted by Crippen LogP contribution is 2.35. The van der Waals surface area contributed by atoms with E-state index in [0.29, 0.717) is 18.7 Å². The van der Waals surface area contributed by atoms with Gasteiger partial charge in [0.05, 0.1) is 18.4 Å². The zero-order chi connectivity index (χ0) is 24.4. The number of β-amino-alcohol motifs (C(OH)–C–C–N with tert-alkyl or cyclic N) is 1. The molecule has 0 aliphatic carbocycles. The van der Waals surface area contributed by atoms with Gasteiger partial charge >= 0.3 is 5.97 Å². The summed E-state index contributed by atoms with van der Waals surface area (Å²) in [7, 11) is 1.51. The van der Waals surface area contributed by atoms with Crippen LogP contribution in [0.3, 0.4) is 0 Å². The number of amides is 2. The number of nitrogens with zero attached hydrogens (tertiary/aromatic N) is 4. The molecule has 0 saturated carbocycles. The number of rotatable bonds is 7. The second-order valence-electron chi connectivity index (χ2n) is 9.81. The van der Waals surface area contributed by atoms with E-state index >= 15 is 0 Å². The van der Waals surface area contributed by atoms with Gasteiger partial charge in [-0.05, 0) is 25.2 Å². The molecule has 2 amide bonds. The molecule has 0 aromatic carbocycles. The maximum atomic E-state index is 13.6. The molecule has 2 saturated heterocycles. The van der Waals surface area contributed by atoms with Crippen molar-refractivity contribution < 1.29 is 29.0 Å². The number of esters is 1. The molecule has 0 spiro atoms. The van der Waals surface area contributed by atoms with E-state index in [1.807, 2.05) is 20.8 Å². The minimum Gasteiger partial charge on any atom is -0.464 e. The lowest BCUT2D eigenvalue weighted by atomic mass is 9.85. The number of likely N-dealkylation sites (N-methyl/N-ethyl adjacent to an activating group) is 1. The Labute approximate surface area is 193 Å². The van der Waals surface area contributed by atoms with Crippen molar-refractivity contribution in [3.05, 3.63) is 11.9 Å². The number of aliphatic hydroxyl groups excluding tert-OH is 1. The molecule has 11 heteroatoms. The van der Waals surface area contributed by atoms with Gasteiger partial charge in [-0.3, -0.25) is 9.59 Å². The molecule has 0 bridgehead atoms. The van der Waals surface area contributed by atoms with Crippen molar-refractivity contribution in [1.82, 2.24) is 25.2 Å². The van der Waals surface area contributed by atoms with E-state index < -0.39 is 35.2 Å². The minimum absolute atomic E-state index is 0.0743. The highest BCUT2D eigenvalue weighted by atomic mass is 16.6. The van der Waals surface area contributed by atoms with Gasteiger partial charge in [0.15, 0.2) is 5.60 Å². The van der Waals surface area contributed by atoms with Crippen LogP contribution < -0.4 is 5.32 Å². The van der Waals surface area contributed by atoms with E-state index in [0.717, 1.165) is 6.42 Å². The molecule has 3 heterocycles. The van der Waals surface area contributed by atoms with Crippen molar-refractivity contribution >= 4 is 17.8 Å². The van der Waals surface area contributed by atoms with Crippen LogP contribution >= 0.6 is 0 Å². The number of carbonyl (C=O) groups excluding carboxylic acids is 3. The number of aromatic nitrogens is 3. The van der Waals surface area contributed by atoms with E-state index in [4.69, 9.17) is 9.47 Å². The standard InChI is InChI=1S/C22H35N5O6/c1-6-32-20(31)22(8-7-9-33-22)11-14-12-27(25-24-14)17(21(2,3)4)19(30)26-13-15(28)10-16(26)18(29)23-5/h12,15-17,28H,6-11,13H2,1-5H3,(H,23,29)/t15-,16+,17+,22?/m0/s1. The maximum Gasteiger partial charge on any atom is 0.338 e. The number of ether oxygens (including phenoxy) is 2. The molecule has 2 N–H and O–H groups in total. The molecular weight excluding hydrogens is 430 g/mol. The Morgan fingerprint density at radius 2 is 2.12 bits per heavy atom. The Bertz CT molecular complexity index is 873. The lowest BCUT2D eigenvalue weighted by Crippen LogP contribution is -2.49. The van der Waals surface area contributed by atoms with Gasteiger partial charge < -0.3 is 24.8 Å². The van der Waals surface area contributed by atoms with E-state index in [1.54, 1.807) is 13.1 Å². The molecule has 2 fully saturated rings. The first-order valence-electron chi connectivity index (χ1n) is 11.4. The number of likely N-dealkylation sites (tertiary alicyclic amines) is 1. The number of aliphatic hydroxyl groups is 1. The Kier molecular flexibility index (Phi) is 7.42. The third kappa shape index (κ3) is 5.19. The number of hydrogen-bond donors (Lipinski definition) is 2. The van der Waals surface area contributed by atoms with Crippen LogP contribution in [0.15, 0.2) is 6.20 Å². The number of hydrogen-bond acceptors (Lipinski definition) is 8. The van der Waals surface area contributed by atoms with Gasteiger partial charge in [-0.25, -0.2) is 9.48 Å². The summed E-state index contributed by atoms with van der Waals surface area (Å²) < 4.78 is 12.5. The SMILES string of the molecule is CCOC(=O)C1(Cc2cn([C@H](C(=O)N3C[C@@H](O)C[C@@H]3C(=O)NC)C(C)(C)C)nn2)CCCO1. The van der Waals surface area contributed by atoms with Crippen LogP contribution in [0.4, 0.5) is 0 Å². The van der Waals surface area contributed by atoms with Crippen LogP contribution in [-0.2, 0) is 30.3 Å². The van der Waals surface area contributed by atoms with Crippen molar-refractivity contribution in [2.24, 2.45) is 5.41 Å². The first-order chi connectivity index (χ1) is 15.5. The summed E-state index contributed by atoms with van der Waals surface area (Å²) in [6.07, 6.45) is 2.53. The molecule has 3 rings (SSSR count). The molecule has 2 aliphatic rings. The molecular formula is C22H35N5O6.